The van der Waals surface area contributed by atoms with Crippen LogP contribution < -0.4 is 21.3 Å². The summed E-state index contributed by atoms with van der Waals surface area (Å²) < 4.78 is 0. The van der Waals surface area contributed by atoms with Crippen LogP contribution in [0.5, 0.6) is 0 Å². The number of carbonyl (C=O) groups excluding carboxylic acids is 2. The predicted molar refractivity (Wildman–Crippen MR) is 104 cm³/mol. The van der Waals surface area contributed by atoms with E-state index in [-0.39, 0.29) is 24.1 Å². The van der Waals surface area contributed by atoms with E-state index >= 15 is 0 Å². The molecule has 2 aliphatic rings. The molecule has 0 radical (unpaired) electrons. The van der Waals surface area contributed by atoms with Gasteiger partial charge in [0.25, 0.3) is 0 Å². The average Bonchev–Trinajstić information content (AvgIpc) is 2.68. The first-order valence-electron chi connectivity index (χ1n) is 9.20. The van der Waals surface area contributed by atoms with E-state index in [0.29, 0.717) is 23.0 Å². The Bertz CT molecular complexity index is 864. The van der Waals surface area contributed by atoms with E-state index in [0.717, 1.165) is 25.9 Å². The second-order valence-corrected chi connectivity index (χ2v) is 6.88. The molecular formula is C19H22N6O2. The van der Waals surface area contributed by atoms with E-state index < -0.39 is 5.92 Å². The number of nitrogen functional groups attached to an aromatic ring is 1. The molecule has 8 nitrogen and oxygen atoms in total. The molecular weight excluding hydrogens is 344 g/mol. The lowest BCUT2D eigenvalue weighted by Gasteiger charge is -2.30. The van der Waals surface area contributed by atoms with Crippen molar-refractivity contribution in [3.05, 3.63) is 35.9 Å². The lowest BCUT2D eigenvalue weighted by atomic mass is 9.92. The van der Waals surface area contributed by atoms with Gasteiger partial charge in [0, 0.05) is 25.2 Å². The number of nitrogens with zero attached hydrogens (tertiary/aromatic N) is 3. The third-order valence-corrected chi connectivity index (χ3v) is 4.96. The smallest absolute Gasteiger partial charge is 0.232 e. The van der Waals surface area contributed by atoms with Crippen LogP contribution in [0, 0.1) is 0 Å². The fourth-order valence-electron chi connectivity index (χ4n) is 3.59. The number of nitrogens with one attached hydrogen (secondary N) is 2. The summed E-state index contributed by atoms with van der Waals surface area (Å²) in [6.07, 6.45) is 3.36. The van der Waals surface area contributed by atoms with Crippen LogP contribution in [0.25, 0.3) is 0 Å². The quantitative estimate of drug-likeness (QED) is 0.767. The first-order valence-corrected chi connectivity index (χ1v) is 9.20. The highest BCUT2D eigenvalue weighted by atomic mass is 16.2. The van der Waals surface area contributed by atoms with Gasteiger partial charge < -0.3 is 21.3 Å². The van der Waals surface area contributed by atoms with Gasteiger partial charge in [-0.1, -0.05) is 18.2 Å². The molecule has 4 N–H and O–H groups in total. The molecule has 2 amide bonds. The lowest BCUT2D eigenvalue weighted by Crippen LogP contribution is -2.35. The van der Waals surface area contributed by atoms with Crippen LogP contribution in [-0.2, 0) is 9.59 Å². The van der Waals surface area contributed by atoms with Crippen LogP contribution >= 0.6 is 0 Å². The summed E-state index contributed by atoms with van der Waals surface area (Å²) in [5, 5.41) is 5.59. The summed E-state index contributed by atoms with van der Waals surface area (Å²) in [7, 11) is 0. The molecule has 1 aromatic carbocycles. The number of carbonyl (C=O) groups is 2. The lowest BCUT2D eigenvalue weighted by molar-refractivity contribution is -0.123. The van der Waals surface area contributed by atoms with Crippen molar-refractivity contribution in [1.29, 1.82) is 0 Å². The Morgan fingerprint density at radius 3 is 2.63 bits per heavy atom. The highest BCUT2D eigenvalue weighted by Crippen LogP contribution is 2.36. The minimum absolute atomic E-state index is 0.0162. The van der Waals surface area contributed by atoms with Gasteiger partial charge >= 0.3 is 0 Å². The molecule has 27 heavy (non-hydrogen) atoms. The number of anilines is 4. The minimum atomic E-state index is -0.718. The van der Waals surface area contributed by atoms with Crippen molar-refractivity contribution >= 4 is 35.1 Å². The monoisotopic (exact) mass is 366 g/mol. The molecule has 0 aliphatic carbocycles. The molecule has 0 unspecified atom stereocenters. The van der Waals surface area contributed by atoms with Crippen molar-refractivity contribution in [1.82, 2.24) is 9.97 Å². The van der Waals surface area contributed by atoms with Crippen LogP contribution in [0.15, 0.2) is 30.3 Å². The Kier molecular flexibility index (Phi) is 4.62. The van der Waals surface area contributed by atoms with Crippen molar-refractivity contribution < 1.29 is 9.59 Å². The number of benzene rings is 1. The topological polar surface area (TPSA) is 113 Å². The molecule has 1 atom stereocenters. The van der Waals surface area contributed by atoms with Crippen molar-refractivity contribution in [3.8, 4) is 0 Å². The molecule has 1 saturated heterocycles. The van der Waals surface area contributed by atoms with Gasteiger partial charge in [-0.25, -0.2) is 0 Å². The highest BCUT2D eigenvalue weighted by molar-refractivity contribution is 6.05. The number of fused-ring (bicyclic) bond motifs is 1. The van der Waals surface area contributed by atoms with Crippen molar-refractivity contribution in [2.24, 2.45) is 0 Å². The zero-order chi connectivity index (χ0) is 18.8. The van der Waals surface area contributed by atoms with Crippen LogP contribution in [0.1, 0.15) is 37.2 Å². The van der Waals surface area contributed by atoms with Gasteiger partial charge in [0.1, 0.15) is 11.6 Å². The van der Waals surface area contributed by atoms with Gasteiger partial charge in [0.2, 0.25) is 17.8 Å². The molecule has 8 heteroatoms. The number of rotatable bonds is 3. The molecule has 2 aromatic rings. The van der Waals surface area contributed by atoms with Gasteiger partial charge in [-0.3, -0.25) is 9.59 Å². The van der Waals surface area contributed by atoms with Crippen LogP contribution in [0.4, 0.5) is 23.3 Å². The number of amides is 2. The Labute approximate surface area is 157 Å². The summed E-state index contributed by atoms with van der Waals surface area (Å²) in [6.45, 7) is 1.73. The summed E-state index contributed by atoms with van der Waals surface area (Å²) >= 11 is 0. The fraction of sp³-hybridized carbons (Fsp3) is 0.368. The molecule has 2 aliphatic heterocycles. The van der Waals surface area contributed by atoms with Crippen LogP contribution in [0.2, 0.25) is 0 Å². The molecule has 0 bridgehead atoms. The van der Waals surface area contributed by atoms with E-state index in [4.69, 9.17) is 5.73 Å². The predicted octanol–water partition coefficient (Wildman–Crippen LogP) is 2.11. The third kappa shape index (κ3) is 3.55. The van der Waals surface area contributed by atoms with E-state index in [1.165, 1.54) is 6.42 Å². The van der Waals surface area contributed by atoms with Crippen molar-refractivity contribution in [2.75, 3.05) is 34.4 Å². The van der Waals surface area contributed by atoms with E-state index in [1.54, 1.807) is 12.1 Å². The first kappa shape index (κ1) is 17.3. The van der Waals surface area contributed by atoms with E-state index in [9.17, 15) is 9.59 Å². The molecule has 1 aromatic heterocycles. The highest BCUT2D eigenvalue weighted by Gasteiger charge is 2.35. The maximum atomic E-state index is 12.8. The summed E-state index contributed by atoms with van der Waals surface area (Å²) in [6, 6.07) is 9.12. The van der Waals surface area contributed by atoms with Crippen molar-refractivity contribution in [3.63, 3.8) is 0 Å². The average molecular weight is 366 g/mol. The Hall–Kier alpha value is -3.16. The van der Waals surface area contributed by atoms with Gasteiger partial charge in [0.15, 0.2) is 0 Å². The van der Waals surface area contributed by atoms with Gasteiger partial charge in [0.05, 0.1) is 11.5 Å². The Balaban J connectivity index is 1.64. The van der Waals surface area contributed by atoms with Crippen molar-refractivity contribution in [2.45, 2.75) is 31.6 Å². The molecule has 0 spiro atoms. The number of nitrogens with two attached hydrogens (primary N) is 1. The minimum Gasteiger partial charge on any atom is -0.383 e. The normalized spacial score (nSPS) is 19.2. The second-order valence-electron chi connectivity index (χ2n) is 6.88. The number of aromatic nitrogens is 2. The zero-order valence-corrected chi connectivity index (χ0v) is 14.9. The molecule has 1 fully saturated rings. The number of hydrogen-bond donors (Lipinski definition) is 3. The van der Waals surface area contributed by atoms with Gasteiger partial charge in [-0.15, -0.1) is 0 Å². The van der Waals surface area contributed by atoms with Crippen LogP contribution in [0.3, 0.4) is 0 Å². The van der Waals surface area contributed by atoms with Gasteiger partial charge in [-0.2, -0.15) is 9.97 Å². The molecule has 3 heterocycles. The van der Waals surface area contributed by atoms with Crippen LogP contribution in [-0.4, -0.2) is 34.9 Å². The molecule has 0 saturated carbocycles. The fourth-order valence-corrected chi connectivity index (χ4v) is 3.59. The SMILES string of the molecule is Nc1nc(N2CCCCC2)nc2c1[C@H](C(=O)Nc1ccccc1)CC(=O)N2. The van der Waals surface area contributed by atoms with Gasteiger partial charge in [-0.05, 0) is 31.4 Å². The Morgan fingerprint density at radius 1 is 1.15 bits per heavy atom. The number of piperidine rings is 1. The second kappa shape index (κ2) is 7.22. The Morgan fingerprint density at radius 2 is 1.89 bits per heavy atom. The summed E-state index contributed by atoms with van der Waals surface area (Å²) in [5.41, 5.74) is 7.36. The van der Waals surface area contributed by atoms with E-state index in [1.807, 2.05) is 18.2 Å². The maximum Gasteiger partial charge on any atom is 0.232 e. The third-order valence-electron chi connectivity index (χ3n) is 4.96. The summed E-state index contributed by atoms with van der Waals surface area (Å²) in [4.78, 5) is 36.0. The number of para-hydroxylation sites is 1. The maximum absolute atomic E-state index is 12.8. The molecule has 140 valence electrons. The standard InChI is InChI=1S/C19H22N6O2/c20-16-15-13(18(27)21-12-7-3-1-4-8-12)11-14(26)22-17(15)24-19(23-16)25-9-5-2-6-10-25/h1,3-4,7-8,13H,2,5-6,9-11H2,(H,21,27)(H3,20,22,23,24,26)/t13-/m1/s1. The first-order chi connectivity index (χ1) is 13.1. The zero-order valence-electron chi connectivity index (χ0n) is 14.9. The largest absolute Gasteiger partial charge is 0.383 e. The van der Waals surface area contributed by atoms with E-state index in [2.05, 4.69) is 25.5 Å². The molecule has 4 rings (SSSR count). The summed E-state index contributed by atoms with van der Waals surface area (Å²) in [5.74, 6) is -0.169. The number of hydrogen-bond acceptors (Lipinski definition) is 6.